The highest BCUT2D eigenvalue weighted by atomic mass is 19.1. The van der Waals surface area contributed by atoms with E-state index < -0.39 is 5.60 Å². The van der Waals surface area contributed by atoms with Crippen LogP contribution in [0.25, 0.3) is 0 Å². The number of nitrogens with zero attached hydrogens (tertiary/aromatic N) is 2. The maximum atomic E-state index is 13.3. The van der Waals surface area contributed by atoms with Gasteiger partial charge in [0.25, 0.3) is 0 Å². The Balaban J connectivity index is 2.22. The number of nitriles is 1. The molecule has 0 aromatic heterocycles. The second-order valence-corrected chi connectivity index (χ2v) is 5.70. The standard InChI is InChI=1S/C15H19FN2O/c1-15(2,19)14-4-3-7-18(14)10-12-8-13(16)6-5-11(12)9-17/h5-6,8,14,19H,3-4,7,10H2,1-2H3. The monoisotopic (exact) mass is 262 g/mol. The molecule has 4 heteroatoms. The summed E-state index contributed by atoms with van der Waals surface area (Å²) in [7, 11) is 0. The molecule has 0 spiro atoms. The smallest absolute Gasteiger partial charge is 0.123 e. The molecule has 2 rings (SSSR count). The van der Waals surface area contributed by atoms with Gasteiger partial charge in [0, 0.05) is 12.6 Å². The molecule has 1 aromatic carbocycles. The van der Waals surface area contributed by atoms with E-state index in [1.807, 2.05) is 0 Å². The van der Waals surface area contributed by atoms with Gasteiger partial charge in [-0.05, 0) is 57.0 Å². The number of benzene rings is 1. The van der Waals surface area contributed by atoms with E-state index in [0.29, 0.717) is 17.7 Å². The molecule has 1 heterocycles. The van der Waals surface area contributed by atoms with Gasteiger partial charge in [-0.2, -0.15) is 5.26 Å². The van der Waals surface area contributed by atoms with Crippen molar-refractivity contribution in [3.63, 3.8) is 0 Å². The Kier molecular flexibility index (Phi) is 3.88. The highest BCUT2D eigenvalue weighted by molar-refractivity contribution is 5.37. The van der Waals surface area contributed by atoms with Gasteiger partial charge in [-0.15, -0.1) is 0 Å². The van der Waals surface area contributed by atoms with Gasteiger partial charge in [-0.25, -0.2) is 4.39 Å². The molecule has 1 fully saturated rings. The van der Waals surface area contributed by atoms with Crippen molar-refractivity contribution in [2.75, 3.05) is 6.54 Å². The molecule has 0 amide bonds. The molecule has 0 bridgehead atoms. The number of likely N-dealkylation sites (tertiary alicyclic amines) is 1. The summed E-state index contributed by atoms with van der Waals surface area (Å²) in [5, 5.41) is 19.2. The summed E-state index contributed by atoms with van der Waals surface area (Å²) in [5.41, 5.74) is 0.415. The first-order valence-electron chi connectivity index (χ1n) is 6.57. The first kappa shape index (κ1) is 14.0. The van der Waals surface area contributed by atoms with Crippen molar-refractivity contribution >= 4 is 0 Å². The van der Waals surface area contributed by atoms with Crippen LogP contribution in [-0.4, -0.2) is 28.2 Å². The molecule has 1 unspecified atom stereocenters. The molecule has 1 saturated heterocycles. The topological polar surface area (TPSA) is 47.3 Å². The van der Waals surface area contributed by atoms with Crippen molar-refractivity contribution in [2.45, 2.75) is 44.9 Å². The molecule has 1 N–H and O–H groups in total. The zero-order valence-corrected chi connectivity index (χ0v) is 11.4. The summed E-state index contributed by atoms with van der Waals surface area (Å²) in [6.07, 6.45) is 1.95. The third-order valence-corrected chi connectivity index (χ3v) is 3.74. The normalized spacial score (nSPS) is 20.5. The van der Waals surface area contributed by atoms with E-state index >= 15 is 0 Å². The van der Waals surface area contributed by atoms with E-state index in [1.54, 1.807) is 13.8 Å². The van der Waals surface area contributed by atoms with E-state index in [1.165, 1.54) is 18.2 Å². The Morgan fingerprint density at radius 2 is 2.26 bits per heavy atom. The zero-order valence-electron chi connectivity index (χ0n) is 11.4. The lowest BCUT2D eigenvalue weighted by atomic mass is 9.96. The molecule has 1 aromatic rings. The molecule has 19 heavy (non-hydrogen) atoms. The molecule has 1 atom stereocenters. The van der Waals surface area contributed by atoms with Gasteiger partial charge in [-0.3, -0.25) is 4.90 Å². The average molecular weight is 262 g/mol. The molecule has 102 valence electrons. The number of halogens is 1. The fourth-order valence-electron chi connectivity index (χ4n) is 2.84. The molecular weight excluding hydrogens is 243 g/mol. The van der Waals surface area contributed by atoms with E-state index in [2.05, 4.69) is 11.0 Å². The van der Waals surface area contributed by atoms with Crippen LogP contribution in [-0.2, 0) is 6.54 Å². The first-order chi connectivity index (χ1) is 8.91. The number of aliphatic hydroxyl groups is 1. The number of hydrogen-bond donors (Lipinski definition) is 1. The van der Waals surface area contributed by atoms with Crippen molar-refractivity contribution in [3.05, 3.63) is 35.1 Å². The minimum Gasteiger partial charge on any atom is -0.389 e. The molecule has 1 aliphatic heterocycles. The maximum Gasteiger partial charge on any atom is 0.123 e. The Hall–Kier alpha value is -1.44. The Bertz CT molecular complexity index is 502. The molecular formula is C15H19FN2O. The molecule has 0 aliphatic carbocycles. The summed E-state index contributed by atoms with van der Waals surface area (Å²) < 4.78 is 13.3. The molecule has 1 aliphatic rings. The largest absolute Gasteiger partial charge is 0.389 e. The summed E-state index contributed by atoms with van der Waals surface area (Å²) in [6.45, 7) is 4.98. The van der Waals surface area contributed by atoms with Gasteiger partial charge >= 0.3 is 0 Å². The summed E-state index contributed by atoms with van der Waals surface area (Å²) in [5.74, 6) is -0.326. The Morgan fingerprint density at radius 1 is 1.53 bits per heavy atom. The Labute approximate surface area is 113 Å². The minimum atomic E-state index is -0.781. The average Bonchev–Trinajstić information content (AvgIpc) is 2.77. The number of hydrogen-bond acceptors (Lipinski definition) is 3. The molecule has 3 nitrogen and oxygen atoms in total. The second kappa shape index (κ2) is 5.28. The third kappa shape index (κ3) is 3.12. The highest BCUT2D eigenvalue weighted by Gasteiger charge is 2.35. The van der Waals surface area contributed by atoms with Crippen molar-refractivity contribution < 1.29 is 9.50 Å². The second-order valence-electron chi connectivity index (χ2n) is 5.70. The molecule has 0 saturated carbocycles. The van der Waals surface area contributed by atoms with Gasteiger partial charge in [0.15, 0.2) is 0 Å². The van der Waals surface area contributed by atoms with Crippen LogP contribution in [0.3, 0.4) is 0 Å². The van der Waals surface area contributed by atoms with Crippen LogP contribution in [0.1, 0.15) is 37.8 Å². The van der Waals surface area contributed by atoms with Crippen molar-refractivity contribution in [1.29, 1.82) is 5.26 Å². The van der Waals surface area contributed by atoms with E-state index in [0.717, 1.165) is 19.4 Å². The Morgan fingerprint density at radius 3 is 2.89 bits per heavy atom. The molecule has 0 radical (unpaired) electrons. The van der Waals surface area contributed by atoms with Crippen LogP contribution < -0.4 is 0 Å². The fraction of sp³-hybridized carbons (Fsp3) is 0.533. The van der Waals surface area contributed by atoms with Crippen LogP contribution in [0, 0.1) is 17.1 Å². The first-order valence-corrected chi connectivity index (χ1v) is 6.57. The van der Waals surface area contributed by atoms with E-state index in [4.69, 9.17) is 5.26 Å². The zero-order chi connectivity index (χ0) is 14.0. The lowest BCUT2D eigenvalue weighted by Gasteiger charge is -2.34. The van der Waals surface area contributed by atoms with Gasteiger partial charge < -0.3 is 5.11 Å². The van der Waals surface area contributed by atoms with Crippen LogP contribution in [0.2, 0.25) is 0 Å². The minimum absolute atomic E-state index is 0.0577. The summed E-state index contributed by atoms with van der Waals surface area (Å²) in [4.78, 5) is 2.13. The van der Waals surface area contributed by atoms with Crippen molar-refractivity contribution in [3.8, 4) is 6.07 Å². The van der Waals surface area contributed by atoms with Crippen LogP contribution in [0.5, 0.6) is 0 Å². The van der Waals surface area contributed by atoms with Crippen molar-refractivity contribution in [1.82, 2.24) is 4.90 Å². The van der Waals surface area contributed by atoms with Crippen LogP contribution in [0.15, 0.2) is 18.2 Å². The van der Waals surface area contributed by atoms with Crippen LogP contribution >= 0.6 is 0 Å². The highest BCUT2D eigenvalue weighted by Crippen LogP contribution is 2.28. The lowest BCUT2D eigenvalue weighted by Crippen LogP contribution is -2.45. The van der Waals surface area contributed by atoms with Gasteiger partial charge in [0.05, 0.1) is 17.2 Å². The number of rotatable bonds is 3. The third-order valence-electron chi connectivity index (χ3n) is 3.74. The fourth-order valence-corrected chi connectivity index (χ4v) is 2.84. The van der Waals surface area contributed by atoms with Gasteiger partial charge in [-0.1, -0.05) is 0 Å². The van der Waals surface area contributed by atoms with Gasteiger partial charge in [0.2, 0.25) is 0 Å². The van der Waals surface area contributed by atoms with Crippen molar-refractivity contribution in [2.24, 2.45) is 0 Å². The van der Waals surface area contributed by atoms with E-state index in [-0.39, 0.29) is 11.9 Å². The quantitative estimate of drug-likeness (QED) is 0.910. The predicted octanol–water partition coefficient (Wildman–Crippen LogP) is 2.43. The van der Waals surface area contributed by atoms with Gasteiger partial charge in [0.1, 0.15) is 5.82 Å². The summed E-state index contributed by atoms with van der Waals surface area (Å²) >= 11 is 0. The lowest BCUT2D eigenvalue weighted by molar-refractivity contribution is -0.00505. The maximum absolute atomic E-state index is 13.3. The SMILES string of the molecule is CC(C)(O)C1CCCN1Cc1cc(F)ccc1C#N. The van der Waals surface area contributed by atoms with E-state index in [9.17, 15) is 9.50 Å². The predicted molar refractivity (Wildman–Crippen MR) is 70.8 cm³/mol. The summed E-state index contributed by atoms with van der Waals surface area (Å²) in [6, 6.07) is 6.39. The van der Waals surface area contributed by atoms with Crippen LogP contribution in [0.4, 0.5) is 4.39 Å².